The zero-order valence-corrected chi connectivity index (χ0v) is 10.9. The molecule has 0 aliphatic heterocycles. The van der Waals surface area contributed by atoms with E-state index in [1.54, 1.807) is 19.1 Å². The van der Waals surface area contributed by atoms with Gasteiger partial charge in [-0.15, -0.1) is 0 Å². The van der Waals surface area contributed by atoms with Crippen LogP contribution in [0.25, 0.3) is 0 Å². The first-order valence-electron chi connectivity index (χ1n) is 6.41. The van der Waals surface area contributed by atoms with Crippen LogP contribution in [0.2, 0.25) is 0 Å². The van der Waals surface area contributed by atoms with Crippen molar-refractivity contribution in [2.75, 3.05) is 18.5 Å². The van der Waals surface area contributed by atoms with Crippen LogP contribution in [0.3, 0.4) is 0 Å². The smallest absolute Gasteiger partial charge is 0.311 e. The van der Waals surface area contributed by atoms with Gasteiger partial charge in [0.05, 0.1) is 17.1 Å². The molecule has 0 saturated heterocycles. The lowest BCUT2D eigenvalue weighted by atomic mass is 9.80. The molecule has 0 unspecified atom stereocenters. The number of hydrogen-bond acceptors (Lipinski definition) is 5. The van der Waals surface area contributed by atoms with Gasteiger partial charge in [-0.05, 0) is 32.3 Å². The van der Waals surface area contributed by atoms with Crippen molar-refractivity contribution in [1.29, 1.82) is 0 Å². The summed E-state index contributed by atoms with van der Waals surface area (Å²) in [5, 5.41) is 23.9. The first-order chi connectivity index (χ1) is 9.04. The van der Waals surface area contributed by atoms with E-state index >= 15 is 0 Å². The number of aliphatic hydroxyl groups is 1. The predicted octanol–water partition coefficient (Wildman–Crippen LogP) is 2.32. The molecule has 104 valence electrons. The number of benzene rings is 1. The Morgan fingerprint density at radius 2 is 2.26 bits per heavy atom. The van der Waals surface area contributed by atoms with Crippen molar-refractivity contribution in [3.63, 3.8) is 0 Å². The van der Waals surface area contributed by atoms with Gasteiger partial charge >= 0.3 is 5.69 Å². The third kappa shape index (κ3) is 3.14. The molecule has 0 aromatic heterocycles. The number of nitrogens with zero attached hydrogens (tertiary/aromatic N) is 1. The van der Waals surface area contributed by atoms with E-state index in [4.69, 9.17) is 4.74 Å². The molecule has 1 fully saturated rings. The highest BCUT2D eigenvalue weighted by Gasteiger charge is 2.34. The molecule has 0 bridgehead atoms. The zero-order chi connectivity index (χ0) is 13.9. The molecule has 1 aromatic rings. The quantitative estimate of drug-likeness (QED) is 0.609. The zero-order valence-electron chi connectivity index (χ0n) is 10.9. The van der Waals surface area contributed by atoms with Crippen LogP contribution in [-0.4, -0.2) is 28.8 Å². The summed E-state index contributed by atoms with van der Waals surface area (Å²) < 4.78 is 5.27. The maximum atomic E-state index is 10.8. The van der Waals surface area contributed by atoms with E-state index in [0.717, 1.165) is 24.9 Å². The first kappa shape index (κ1) is 13.6. The average molecular weight is 266 g/mol. The Kier molecular flexibility index (Phi) is 3.90. The van der Waals surface area contributed by atoms with E-state index in [9.17, 15) is 15.2 Å². The summed E-state index contributed by atoms with van der Waals surface area (Å²) in [6, 6.07) is 4.64. The van der Waals surface area contributed by atoms with Crippen LogP contribution in [0.15, 0.2) is 18.2 Å². The molecule has 0 amide bonds. The summed E-state index contributed by atoms with van der Waals surface area (Å²) >= 11 is 0. The second-order valence-electron chi connectivity index (χ2n) is 4.80. The van der Waals surface area contributed by atoms with Crippen molar-refractivity contribution in [2.45, 2.75) is 31.8 Å². The van der Waals surface area contributed by atoms with Gasteiger partial charge in [-0.1, -0.05) is 0 Å². The van der Waals surface area contributed by atoms with Crippen molar-refractivity contribution >= 4 is 11.4 Å². The van der Waals surface area contributed by atoms with E-state index < -0.39 is 10.5 Å². The lowest BCUT2D eigenvalue weighted by molar-refractivity contribution is -0.385. The SMILES string of the molecule is CCOc1cc(NCC2(O)CCC2)ccc1[N+](=O)[O-]. The number of nitro groups is 1. The molecule has 1 aromatic carbocycles. The highest BCUT2D eigenvalue weighted by atomic mass is 16.6. The van der Waals surface area contributed by atoms with Crippen LogP contribution in [-0.2, 0) is 0 Å². The third-order valence-corrected chi connectivity index (χ3v) is 3.36. The molecule has 1 aliphatic carbocycles. The highest BCUT2D eigenvalue weighted by molar-refractivity contribution is 5.58. The molecule has 0 radical (unpaired) electrons. The molecule has 0 heterocycles. The summed E-state index contributed by atoms with van der Waals surface area (Å²) in [5.41, 5.74) is 0.0391. The molecule has 0 spiro atoms. The number of rotatable bonds is 6. The summed E-state index contributed by atoms with van der Waals surface area (Å²) in [7, 11) is 0. The van der Waals surface area contributed by atoms with E-state index in [2.05, 4.69) is 5.32 Å². The molecular formula is C13H18N2O4. The van der Waals surface area contributed by atoms with Gasteiger partial charge in [0.1, 0.15) is 0 Å². The number of hydrogen-bond donors (Lipinski definition) is 2. The number of nitrogens with one attached hydrogen (secondary N) is 1. The summed E-state index contributed by atoms with van der Waals surface area (Å²) in [4.78, 5) is 10.4. The van der Waals surface area contributed by atoms with Crippen molar-refractivity contribution in [2.24, 2.45) is 0 Å². The lowest BCUT2D eigenvalue weighted by Crippen LogP contribution is -2.43. The normalized spacial score (nSPS) is 16.5. The van der Waals surface area contributed by atoms with Crippen LogP contribution in [0.4, 0.5) is 11.4 Å². The van der Waals surface area contributed by atoms with Crippen LogP contribution < -0.4 is 10.1 Å². The highest BCUT2D eigenvalue weighted by Crippen LogP contribution is 2.33. The minimum atomic E-state index is -0.631. The topological polar surface area (TPSA) is 84.6 Å². The van der Waals surface area contributed by atoms with Crippen molar-refractivity contribution in [3.05, 3.63) is 28.3 Å². The summed E-state index contributed by atoms with van der Waals surface area (Å²) in [6.45, 7) is 2.60. The Balaban J connectivity index is 2.08. The van der Waals surface area contributed by atoms with Gasteiger partial charge in [-0.25, -0.2) is 0 Å². The largest absolute Gasteiger partial charge is 0.487 e. The summed E-state index contributed by atoms with van der Waals surface area (Å²) in [5.74, 6) is 0.248. The minimum Gasteiger partial charge on any atom is -0.487 e. The lowest BCUT2D eigenvalue weighted by Gasteiger charge is -2.36. The third-order valence-electron chi connectivity index (χ3n) is 3.36. The van der Waals surface area contributed by atoms with Gasteiger partial charge in [-0.2, -0.15) is 0 Å². The fourth-order valence-electron chi connectivity index (χ4n) is 2.07. The molecule has 2 rings (SSSR count). The van der Waals surface area contributed by atoms with E-state index in [0.29, 0.717) is 13.2 Å². The van der Waals surface area contributed by atoms with Gasteiger partial charge in [0.15, 0.2) is 5.75 Å². The Labute approximate surface area is 111 Å². The summed E-state index contributed by atoms with van der Waals surface area (Å²) in [6.07, 6.45) is 2.64. The fraction of sp³-hybridized carbons (Fsp3) is 0.538. The van der Waals surface area contributed by atoms with Gasteiger partial charge in [-0.3, -0.25) is 10.1 Å². The molecule has 1 aliphatic rings. The van der Waals surface area contributed by atoms with Crippen LogP contribution in [0, 0.1) is 10.1 Å². The number of nitro benzene ring substituents is 1. The second kappa shape index (κ2) is 5.44. The Hall–Kier alpha value is -1.82. The fourth-order valence-corrected chi connectivity index (χ4v) is 2.07. The van der Waals surface area contributed by atoms with Gasteiger partial charge in [0.25, 0.3) is 0 Å². The number of anilines is 1. The van der Waals surface area contributed by atoms with Crippen molar-refractivity contribution in [1.82, 2.24) is 0 Å². The molecule has 2 N–H and O–H groups in total. The molecule has 6 nitrogen and oxygen atoms in total. The molecular weight excluding hydrogens is 248 g/mol. The molecule has 19 heavy (non-hydrogen) atoms. The Bertz CT molecular complexity index is 472. The Morgan fingerprint density at radius 1 is 1.53 bits per heavy atom. The minimum absolute atomic E-state index is 0.0465. The van der Waals surface area contributed by atoms with Crippen molar-refractivity contribution in [3.8, 4) is 5.75 Å². The Morgan fingerprint density at radius 3 is 2.79 bits per heavy atom. The maximum absolute atomic E-state index is 10.8. The average Bonchev–Trinajstić information content (AvgIpc) is 2.34. The molecule has 6 heteroatoms. The van der Waals surface area contributed by atoms with E-state index in [-0.39, 0.29) is 11.4 Å². The monoisotopic (exact) mass is 266 g/mol. The first-order valence-corrected chi connectivity index (χ1v) is 6.41. The second-order valence-corrected chi connectivity index (χ2v) is 4.80. The van der Waals surface area contributed by atoms with Crippen LogP contribution >= 0.6 is 0 Å². The standard InChI is InChI=1S/C13H18N2O4/c1-2-19-12-8-10(4-5-11(12)15(17)18)14-9-13(16)6-3-7-13/h4-5,8,14,16H,2-3,6-7,9H2,1H3. The maximum Gasteiger partial charge on any atom is 0.311 e. The molecule has 0 atom stereocenters. The van der Waals surface area contributed by atoms with E-state index in [1.807, 2.05) is 0 Å². The van der Waals surface area contributed by atoms with E-state index in [1.165, 1.54) is 6.07 Å². The van der Waals surface area contributed by atoms with Gasteiger partial charge in [0, 0.05) is 24.4 Å². The van der Waals surface area contributed by atoms with Gasteiger partial charge < -0.3 is 15.2 Å². The number of ether oxygens (including phenoxy) is 1. The van der Waals surface area contributed by atoms with Crippen LogP contribution in [0.1, 0.15) is 26.2 Å². The van der Waals surface area contributed by atoms with Crippen molar-refractivity contribution < 1.29 is 14.8 Å². The van der Waals surface area contributed by atoms with Gasteiger partial charge in [0.2, 0.25) is 0 Å². The van der Waals surface area contributed by atoms with Crippen LogP contribution in [0.5, 0.6) is 5.75 Å². The predicted molar refractivity (Wildman–Crippen MR) is 71.6 cm³/mol. The molecule has 1 saturated carbocycles.